The van der Waals surface area contributed by atoms with Crippen LogP contribution in [0.3, 0.4) is 0 Å². The monoisotopic (exact) mass is 468 g/mol. The number of piperidine rings is 1. The number of likely N-dealkylation sites (tertiary alicyclic amines) is 1. The molecule has 2 fully saturated rings. The standard InChI is InChI=1S/C28H32N6O/c1-18-13-20-7-3-4-8-21(20)14-23(18)28(35)33-11-6-5-9-25(33)24-15-26-30-27(19(2)16-34(26)31-24)32-12-10-22(29)17-32/h3-4,7-8,13-16,22,25H,5-6,9-12,17,29H2,1-2H3/t22-,25-/m0/s1. The first-order valence-corrected chi connectivity index (χ1v) is 12.7. The largest absolute Gasteiger partial charge is 0.355 e. The molecule has 6 rings (SSSR count). The summed E-state index contributed by atoms with van der Waals surface area (Å²) in [5.41, 5.74) is 10.7. The minimum Gasteiger partial charge on any atom is -0.355 e. The Morgan fingerprint density at radius 1 is 1.00 bits per heavy atom. The zero-order chi connectivity index (χ0) is 24.1. The highest BCUT2D eigenvalue weighted by Gasteiger charge is 2.32. The zero-order valence-electron chi connectivity index (χ0n) is 20.4. The van der Waals surface area contributed by atoms with Gasteiger partial charge in [0.25, 0.3) is 5.91 Å². The summed E-state index contributed by atoms with van der Waals surface area (Å²) < 4.78 is 1.86. The first kappa shape index (κ1) is 22.0. The van der Waals surface area contributed by atoms with E-state index in [1.807, 2.05) is 40.7 Å². The number of benzene rings is 2. The summed E-state index contributed by atoms with van der Waals surface area (Å²) in [7, 11) is 0. The SMILES string of the molecule is Cc1cc2ccccc2cc1C(=O)N1CCCC[C@H]1c1cc2nc(N3CC[C@H](N)C3)c(C)cn2n1. The Bertz CT molecular complexity index is 1430. The van der Waals surface area contributed by atoms with E-state index in [9.17, 15) is 4.79 Å². The molecule has 0 aliphatic carbocycles. The van der Waals surface area contributed by atoms with Crippen molar-refractivity contribution in [3.05, 3.63) is 71.0 Å². The first-order chi connectivity index (χ1) is 17.0. The summed E-state index contributed by atoms with van der Waals surface area (Å²) in [6, 6.07) is 14.6. The Balaban J connectivity index is 1.34. The summed E-state index contributed by atoms with van der Waals surface area (Å²) in [6.07, 6.45) is 6.05. The van der Waals surface area contributed by atoms with E-state index in [2.05, 4.69) is 36.1 Å². The predicted molar refractivity (Wildman–Crippen MR) is 139 cm³/mol. The maximum atomic E-state index is 13.8. The van der Waals surface area contributed by atoms with Crippen molar-refractivity contribution < 1.29 is 4.79 Å². The molecule has 1 amide bonds. The van der Waals surface area contributed by atoms with Gasteiger partial charge in [-0.2, -0.15) is 5.10 Å². The summed E-state index contributed by atoms with van der Waals surface area (Å²) in [5, 5.41) is 7.15. The van der Waals surface area contributed by atoms with Gasteiger partial charge in [0.2, 0.25) is 0 Å². The highest BCUT2D eigenvalue weighted by molar-refractivity contribution is 6.00. The summed E-state index contributed by atoms with van der Waals surface area (Å²) in [6.45, 7) is 6.62. The molecule has 0 bridgehead atoms. The van der Waals surface area contributed by atoms with Crippen LogP contribution in [0.4, 0.5) is 5.82 Å². The van der Waals surface area contributed by atoms with E-state index in [0.29, 0.717) is 0 Å². The van der Waals surface area contributed by atoms with Crippen LogP contribution < -0.4 is 10.6 Å². The minimum atomic E-state index is -0.0483. The van der Waals surface area contributed by atoms with Crippen molar-refractivity contribution in [2.24, 2.45) is 5.73 Å². The molecule has 2 N–H and O–H groups in total. The van der Waals surface area contributed by atoms with Crippen molar-refractivity contribution in [2.45, 2.75) is 51.6 Å². The highest BCUT2D eigenvalue weighted by atomic mass is 16.2. The topological polar surface area (TPSA) is 79.8 Å². The van der Waals surface area contributed by atoms with E-state index in [4.69, 9.17) is 15.8 Å². The number of hydrogen-bond acceptors (Lipinski definition) is 5. The van der Waals surface area contributed by atoms with Gasteiger partial charge < -0.3 is 15.5 Å². The van der Waals surface area contributed by atoms with Crippen LogP contribution in [0.25, 0.3) is 16.4 Å². The quantitative estimate of drug-likeness (QED) is 0.482. The van der Waals surface area contributed by atoms with Crippen LogP contribution in [-0.4, -0.2) is 51.1 Å². The van der Waals surface area contributed by atoms with Gasteiger partial charge in [0, 0.05) is 49.1 Å². The van der Waals surface area contributed by atoms with Crippen molar-refractivity contribution in [3.8, 4) is 0 Å². The maximum absolute atomic E-state index is 13.8. The Hall–Kier alpha value is -3.45. The molecule has 2 atom stereocenters. The Morgan fingerprint density at radius 2 is 1.80 bits per heavy atom. The number of hydrogen-bond donors (Lipinski definition) is 1. The smallest absolute Gasteiger partial charge is 0.254 e. The number of aryl methyl sites for hydroxylation is 2. The van der Waals surface area contributed by atoms with Gasteiger partial charge in [-0.25, -0.2) is 9.50 Å². The molecule has 7 nitrogen and oxygen atoms in total. The van der Waals surface area contributed by atoms with Crippen LogP contribution in [0, 0.1) is 13.8 Å². The molecule has 0 spiro atoms. The first-order valence-electron chi connectivity index (χ1n) is 12.7. The molecule has 0 unspecified atom stereocenters. The molecule has 0 saturated carbocycles. The molecule has 7 heteroatoms. The number of aromatic nitrogens is 3. The van der Waals surface area contributed by atoms with Crippen LogP contribution in [0.15, 0.2) is 48.7 Å². The fourth-order valence-electron chi connectivity index (χ4n) is 5.70. The maximum Gasteiger partial charge on any atom is 0.254 e. The van der Waals surface area contributed by atoms with Gasteiger partial charge in [-0.3, -0.25) is 4.79 Å². The lowest BCUT2D eigenvalue weighted by atomic mass is 9.96. The van der Waals surface area contributed by atoms with Crippen LogP contribution in [0.2, 0.25) is 0 Å². The molecule has 4 aromatic rings. The number of amides is 1. The van der Waals surface area contributed by atoms with Gasteiger partial charge in [0.1, 0.15) is 5.82 Å². The van der Waals surface area contributed by atoms with Crippen molar-refractivity contribution in [2.75, 3.05) is 24.5 Å². The highest BCUT2D eigenvalue weighted by Crippen LogP contribution is 2.34. The second-order valence-electron chi connectivity index (χ2n) is 10.1. The van der Waals surface area contributed by atoms with Gasteiger partial charge in [-0.05, 0) is 61.9 Å². The summed E-state index contributed by atoms with van der Waals surface area (Å²) >= 11 is 0. The number of nitrogens with zero attached hydrogens (tertiary/aromatic N) is 5. The molecular formula is C28H32N6O. The Morgan fingerprint density at radius 3 is 2.57 bits per heavy atom. The van der Waals surface area contributed by atoms with Crippen molar-refractivity contribution in [1.29, 1.82) is 0 Å². The fourth-order valence-corrected chi connectivity index (χ4v) is 5.70. The summed E-state index contributed by atoms with van der Waals surface area (Å²) in [5.74, 6) is 1.08. The third-order valence-corrected chi connectivity index (χ3v) is 7.58. The number of anilines is 1. The van der Waals surface area contributed by atoms with Gasteiger partial charge in [-0.1, -0.05) is 30.3 Å². The molecule has 2 aliphatic rings. The Kier molecular flexibility index (Phi) is 5.44. The van der Waals surface area contributed by atoms with Gasteiger partial charge in [0.15, 0.2) is 5.65 Å². The van der Waals surface area contributed by atoms with E-state index in [1.54, 1.807) is 0 Å². The normalized spacial score (nSPS) is 20.8. The van der Waals surface area contributed by atoms with Gasteiger partial charge in [-0.15, -0.1) is 0 Å². The lowest BCUT2D eigenvalue weighted by molar-refractivity contribution is 0.0605. The van der Waals surface area contributed by atoms with Crippen molar-refractivity contribution in [1.82, 2.24) is 19.5 Å². The van der Waals surface area contributed by atoms with E-state index in [1.165, 1.54) is 0 Å². The molecule has 0 radical (unpaired) electrons. The van der Waals surface area contributed by atoms with E-state index >= 15 is 0 Å². The van der Waals surface area contributed by atoms with Gasteiger partial charge >= 0.3 is 0 Å². The number of nitrogens with two attached hydrogens (primary N) is 1. The number of carbonyl (C=O) groups is 1. The third-order valence-electron chi connectivity index (χ3n) is 7.58. The fraction of sp³-hybridized carbons (Fsp3) is 0.393. The average Bonchev–Trinajstić information content (AvgIpc) is 3.48. The zero-order valence-corrected chi connectivity index (χ0v) is 20.4. The van der Waals surface area contributed by atoms with Crippen molar-refractivity contribution in [3.63, 3.8) is 0 Å². The van der Waals surface area contributed by atoms with Gasteiger partial charge in [0.05, 0.1) is 11.7 Å². The molecule has 35 heavy (non-hydrogen) atoms. The third kappa shape index (κ3) is 3.93. The van der Waals surface area contributed by atoms with E-state index < -0.39 is 0 Å². The molecule has 2 aromatic heterocycles. The van der Waals surface area contributed by atoms with Crippen LogP contribution in [0.5, 0.6) is 0 Å². The molecular weight excluding hydrogens is 436 g/mol. The lowest BCUT2D eigenvalue weighted by Gasteiger charge is -2.35. The van der Waals surface area contributed by atoms with Crippen LogP contribution >= 0.6 is 0 Å². The number of rotatable bonds is 3. The van der Waals surface area contributed by atoms with Crippen LogP contribution in [-0.2, 0) is 0 Å². The van der Waals surface area contributed by atoms with E-state index in [0.717, 1.165) is 89.9 Å². The van der Waals surface area contributed by atoms with Crippen LogP contribution in [0.1, 0.15) is 58.9 Å². The molecule has 2 aromatic carbocycles. The van der Waals surface area contributed by atoms with E-state index in [-0.39, 0.29) is 18.0 Å². The second kappa shape index (κ2) is 8.64. The summed E-state index contributed by atoms with van der Waals surface area (Å²) in [4.78, 5) is 23.1. The molecule has 2 aliphatic heterocycles. The minimum absolute atomic E-state index is 0.0483. The average molecular weight is 469 g/mol. The predicted octanol–water partition coefficient (Wildman–Crippen LogP) is 4.40. The van der Waals surface area contributed by atoms with Crippen molar-refractivity contribution >= 4 is 28.1 Å². The number of carbonyl (C=O) groups excluding carboxylic acids is 1. The molecule has 180 valence electrons. The number of fused-ring (bicyclic) bond motifs is 2. The lowest BCUT2D eigenvalue weighted by Crippen LogP contribution is -2.39. The second-order valence-corrected chi connectivity index (χ2v) is 10.1. The molecule has 4 heterocycles. The molecule has 2 saturated heterocycles. The Labute approximate surface area is 205 Å².